The molecule has 1 atom stereocenters. The number of alkyl halides is 1. The topological polar surface area (TPSA) is 0 Å². The lowest BCUT2D eigenvalue weighted by molar-refractivity contribution is 0.419. The third-order valence-electron chi connectivity index (χ3n) is 3.99. The normalized spacial score (nSPS) is 18.1. The number of hydrogen-bond acceptors (Lipinski definition) is 0. The molecule has 17 heavy (non-hydrogen) atoms. The van der Waals surface area contributed by atoms with Crippen LogP contribution in [0.1, 0.15) is 56.6 Å². The predicted molar refractivity (Wildman–Crippen MR) is 78.9 cm³/mol. The number of halogens is 1. The standard InChI is InChI=1S/C16H23Br/c1-12(2)16(17)11-8-13-6-9-15(10-7-13)14-4-3-5-14/h6-7,9-10,12,14,16H,3-5,8,11H2,1-2H3. The van der Waals surface area contributed by atoms with Gasteiger partial charge in [0.2, 0.25) is 0 Å². The zero-order chi connectivity index (χ0) is 12.3. The van der Waals surface area contributed by atoms with E-state index >= 15 is 0 Å². The lowest BCUT2D eigenvalue weighted by Crippen LogP contribution is -2.09. The van der Waals surface area contributed by atoms with Gasteiger partial charge in [-0.2, -0.15) is 0 Å². The number of benzene rings is 1. The van der Waals surface area contributed by atoms with Gasteiger partial charge in [0.05, 0.1) is 0 Å². The molecule has 1 aliphatic rings. The molecule has 0 spiro atoms. The summed E-state index contributed by atoms with van der Waals surface area (Å²) in [5.41, 5.74) is 3.04. The highest BCUT2D eigenvalue weighted by Crippen LogP contribution is 2.36. The average molecular weight is 295 g/mol. The van der Waals surface area contributed by atoms with E-state index in [1.54, 1.807) is 5.56 Å². The fraction of sp³-hybridized carbons (Fsp3) is 0.625. The van der Waals surface area contributed by atoms with Gasteiger partial charge in [-0.1, -0.05) is 60.5 Å². The van der Waals surface area contributed by atoms with Crippen LogP contribution in [0.25, 0.3) is 0 Å². The summed E-state index contributed by atoms with van der Waals surface area (Å²) >= 11 is 3.76. The van der Waals surface area contributed by atoms with Gasteiger partial charge in [-0.05, 0) is 48.6 Å². The second kappa shape index (κ2) is 6.04. The lowest BCUT2D eigenvalue weighted by atomic mass is 9.80. The third-order valence-corrected chi connectivity index (χ3v) is 5.50. The molecular formula is C16H23Br. The van der Waals surface area contributed by atoms with Crippen LogP contribution in [0.3, 0.4) is 0 Å². The molecule has 0 N–H and O–H groups in total. The molecule has 2 rings (SSSR count). The zero-order valence-corrected chi connectivity index (χ0v) is 12.5. The highest BCUT2D eigenvalue weighted by Gasteiger charge is 2.18. The number of hydrogen-bond donors (Lipinski definition) is 0. The monoisotopic (exact) mass is 294 g/mol. The molecular weight excluding hydrogens is 272 g/mol. The Labute approximate surface area is 114 Å². The number of rotatable bonds is 5. The highest BCUT2D eigenvalue weighted by molar-refractivity contribution is 9.09. The van der Waals surface area contributed by atoms with Gasteiger partial charge in [-0.25, -0.2) is 0 Å². The molecule has 1 fully saturated rings. The van der Waals surface area contributed by atoms with Crippen LogP contribution in [0.4, 0.5) is 0 Å². The van der Waals surface area contributed by atoms with Crippen molar-refractivity contribution in [3.8, 4) is 0 Å². The van der Waals surface area contributed by atoms with Gasteiger partial charge in [-0.3, -0.25) is 0 Å². The van der Waals surface area contributed by atoms with E-state index in [1.165, 1.54) is 37.7 Å². The molecule has 0 saturated heterocycles. The van der Waals surface area contributed by atoms with E-state index in [4.69, 9.17) is 0 Å². The van der Waals surface area contributed by atoms with E-state index in [0.717, 1.165) is 11.8 Å². The summed E-state index contributed by atoms with van der Waals surface area (Å²) in [6.45, 7) is 4.55. The molecule has 0 aromatic heterocycles. The van der Waals surface area contributed by atoms with Crippen LogP contribution in [0.5, 0.6) is 0 Å². The number of aryl methyl sites for hydroxylation is 1. The molecule has 1 unspecified atom stereocenters. The third kappa shape index (κ3) is 3.58. The van der Waals surface area contributed by atoms with E-state index in [2.05, 4.69) is 54.0 Å². The Morgan fingerprint density at radius 2 is 1.82 bits per heavy atom. The Hall–Kier alpha value is -0.300. The summed E-state index contributed by atoms with van der Waals surface area (Å²) in [6, 6.07) is 9.34. The quantitative estimate of drug-likeness (QED) is 0.646. The van der Waals surface area contributed by atoms with E-state index < -0.39 is 0 Å². The minimum atomic E-state index is 0.647. The molecule has 0 heterocycles. The molecule has 0 bridgehead atoms. The van der Waals surface area contributed by atoms with Crippen LogP contribution in [-0.4, -0.2) is 4.83 Å². The van der Waals surface area contributed by atoms with Crippen LogP contribution < -0.4 is 0 Å². The van der Waals surface area contributed by atoms with E-state index in [0.29, 0.717) is 4.83 Å². The fourth-order valence-corrected chi connectivity index (χ4v) is 2.56. The highest BCUT2D eigenvalue weighted by atomic mass is 79.9. The molecule has 1 heteroatoms. The first kappa shape index (κ1) is 13.1. The maximum absolute atomic E-state index is 3.76. The van der Waals surface area contributed by atoms with Gasteiger partial charge in [-0.15, -0.1) is 0 Å². The maximum Gasteiger partial charge on any atom is 0.0172 e. The van der Waals surface area contributed by atoms with Crippen molar-refractivity contribution >= 4 is 15.9 Å². The second-order valence-corrected chi connectivity index (χ2v) is 6.84. The summed E-state index contributed by atoms with van der Waals surface area (Å²) < 4.78 is 0. The van der Waals surface area contributed by atoms with Crippen LogP contribution >= 0.6 is 15.9 Å². The Bertz CT molecular complexity index is 335. The predicted octanol–water partition coefficient (Wildman–Crippen LogP) is 5.31. The summed E-state index contributed by atoms with van der Waals surface area (Å²) in [5.74, 6) is 1.59. The van der Waals surface area contributed by atoms with Crippen molar-refractivity contribution in [3.63, 3.8) is 0 Å². The van der Waals surface area contributed by atoms with Crippen molar-refractivity contribution in [1.82, 2.24) is 0 Å². The maximum atomic E-state index is 3.76. The van der Waals surface area contributed by atoms with Crippen LogP contribution in [0.15, 0.2) is 24.3 Å². The molecule has 1 aromatic carbocycles. The second-order valence-electron chi connectivity index (χ2n) is 5.67. The molecule has 0 amide bonds. The van der Waals surface area contributed by atoms with Crippen LogP contribution in [0, 0.1) is 5.92 Å². The first-order valence-electron chi connectivity index (χ1n) is 6.89. The van der Waals surface area contributed by atoms with E-state index in [1.807, 2.05) is 0 Å². The molecule has 1 aromatic rings. The molecule has 0 aliphatic heterocycles. The largest absolute Gasteiger partial charge is 0.0888 e. The minimum Gasteiger partial charge on any atom is -0.0888 e. The minimum absolute atomic E-state index is 0.647. The molecule has 0 nitrogen and oxygen atoms in total. The van der Waals surface area contributed by atoms with Gasteiger partial charge in [0.25, 0.3) is 0 Å². The van der Waals surface area contributed by atoms with Crippen molar-refractivity contribution in [2.75, 3.05) is 0 Å². The summed E-state index contributed by atoms with van der Waals surface area (Å²) in [5, 5.41) is 0. The van der Waals surface area contributed by atoms with Crippen molar-refractivity contribution in [1.29, 1.82) is 0 Å². The zero-order valence-electron chi connectivity index (χ0n) is 11.0. The van der Waals surface area contributed by atoms with Crippen molar-refractivity contribution < 1.29 is 0 Å². The SMILES string of the molecule is CC(C)C(Br)CCc1ccc(C2CCC2)cc1. The lowest BCUT2D eigenvalue weighted by Gasteiger charge is -2.25. The Kier molecular flexibility index (Phi) is 4.67. The Morgan fingerprint density at radius 1 is 1.18 bits per heavy atom. The average Bonchev–Trinajstić information content (AvgIpc) is 2.25. The van der Waals surface area contributed by atoms with Crippen molar-refractivity contribution in [3.05, 3.63) is 35.4 Å². The first-order chi connectivity index (χ1) is 8.16. The first-order valence-corrected chi connectivity index (χ1v) is 7.81. The molecule has 1 saturated carbocycles. The van der Waals surface area contributed by atoms with E-state index in [9.17, 15) is 0 Å². The van der Waals surface area contributed by atoms with Crippen LogP contribution in [-0.2, 0) is 6.42 Å². The van der Waals surface area contributed by atoms with Crippen molar-refractivity contribution in [2.24, 2.45) is 5.92 Å². The van der Waals surface area contributed by atoms with Crippen molar-refractivity contribution in [2.45, 2.75) is 56.7 Å². The Balaban J connectivity index is 1.85. The fourth-order valence-electron chi connectivity index (χ4n) is 2.34. The Morgan fingerprint density at radius 3 is 2.29 bits per heavy atom. The van der Waals surface area contributed by atoms with Gasteiger partial charge >= 0.3 is 0 Å². The summed E-state index contributed by atoms with van der Waals surface area (Å²) in [6.07, 6.45) is 6.65. The summed E-state index contributed by atoms with van der Waals surface area (Å²) in [4.78, 5) is 0.647. The molecule has 94 valence electrons. The summed E-state index contributed by atoms with van der Waals surface area (Å²) in [7, 11) is 0. The van der Waals surface area contributed by atoms with Gasteiger partial charge in [0.15, 0.2) is 0 Å². The van der Waals surface area contributed by atoms with E-state index in [-0.39, 0.29) is 0 Å². The molecule has 0 radical (unpaired) electrons. The smallest absolute Gasteiger partial charge is 0.0172 e. The van der Waals surface area contributed by atoms with Crippen LogP contribution in [0.2, 0.25) is 0 Å². The van der Waals surface area contributed by atoms with Gasteiger partial charge < -0.3 is 0 Å². The van der Waals surface area contributed by atoms with Gasteiger partial charge in [0.1, 0.15) is 0 Å². The van der Waals surface area contributed by atoms with Gasteiger partial charge in [0, 0.05) is 4.83 Å². The molecule has 1 aliphatic carbocycles.